The Balaban J connectivity index is 2.92. The molecular formula is C10H15NO6. The molecule has 1 saturated heterocycles. The number of nitro groups is 1. The van der Waals surface area contributed by atoms with Crippen molar-refractivity contribution in [3.05, 3.63) is 10.1 Å². The van der Waals surface area contributed by atoms with Crippen LogP contribution in [0.3, 0.4) is 0 Å². The molecule has 17 heavy (non-hydrogen) atoms. The Kier molecular flexibility index (Phi) is 3.13. The van der Waals surface area contributed by atoms with Crippen molar-refractivity contribution in [2.24, 2.45) is 5.41 Å². The van der Waals surface area contributed by atoms with E-state index in [0.29, 0.717) is 0 Å². The first-order valence-corrected chi connectivity index (χ1v) is 5.19. The molecule has 1 atom stereocenters. The summed E-state index contributed by atoms with van der Waals surface area (Å²) in [7, 11) is 0. The lowest BCUT2D eigenvalue weighted by Gasteiger charge is -2.38. The van der Waals surface area contributed by atoms with Crippen LogP contribution in [-0.4, -0.2) is 28.7 Å². The predicted molar refractivity (Wildman–Crippen MR) is 55.4 cm³/mol. The minimum Gasteiger partial charge on any atom is -0.422 e. The molecule has 0 radical (unpaired) electrons. The van der Waals surface area contributed by atoms with Gasteiger partial charge in [-0.1, -0.05) is 0 Å². The summed E-state index contributed by atoms with van der Waals surface area (Å²) in [6.45, 7) is 5.48. The van der Waals surface area contributed by atoms with Crippen molar-refractivity contribution in [2.45, 2.75) is 45.9 Å². The summed E-state index contributed by atoms with van der Waals surface area (Å²) in [6, 6.07) is -1.03. The van der Waals surface area contributed by atoms with Crippen LogP contribution in [-0.2, 0) is 19.1 Å². The second-order valence-corrected chi connectivity index (χ2v) is 4.85. The summed E-state index contributed by atoms with van der Waals surface area (Å²) in [5, 5.41) is 10.6. The molecule has 7 heteroatoms. The fourth-order valence-electron chi connectivity index (χ4n) is 1.61. The Morgan fingerprint density at radius 3 is 2.00 bits per heavy atom. The largest absolute Gasteiger partial charge is 0.422 e. The molecule has 0 saturated carbocycles. The van der Waals surface area contributed by atoms with Crippen molar-refractivity contribution in [1.29, 1.82) is 0 Å². The van der Waals surface area contributed by atoms with Gasteiger partial charge in [0, 0.05) is 32.1 Å². The normalized spacial score (nSPS) is 23.5. The van der Waals surface area contributed by atoms with Crippen molar-refractivity contribution < 1.29 is 24.0 Å². The van der Waals surface area contributed by atoms with Gasteiger partial charge in [-0.25, -0.2) is 0 Å². The number of nitrogens with zero attached hydrogens (tertiary/aromatic N) is 1. The van der Waals surface area contributed by atoms with Gasteiger partial charge in [0.2, 0.25) is 6.04 Å². The lowest BCUT2D eigenvalue weighted by Crippen LogP contribution is -2.53. The zero-order valence-electron chi connectivity index (χ0n) is 10.2. The molecule has 1 rings (SSSR count). The van der Waals surface area contributed by atoms with Gasteiger partial charge in [0.1, 0.15) is 0 Å². The minimum atomic E-state index is -1.61. The molecule has 0 unspecified atom stereocenters. The van der Waals surface area contributed by atoms with E-state index in [1.165, 1.54) is 27.7 Å². The van der Waals surface area contributed by atoms with Crippen molar-refractivity contribution in [3.8, 4) is 0 Å². The smallest absolute Gasteiger partial charge is 0.326 e. The van der Waals surface area contributed by atoms with Crippen LogP contribution in [0.25, 0.3) is 0 Å². The molecule has 0 aromatic rings. The highest BCUT2D eigenvalue weighted by Gasteiger charge is 2.54. The molecule has 0 aromatic carbocycles. The number of hydrogen-bond acceptors (Lipinski definition) is 6. The SMILES string of the molecule is C[C@@H](CC1(C)C(=O)OC(C)(C)OC1=O)[N+](=O)[O-]. The highest BCUT2D eigenvalue weighted by molar-refractivity contribution is 6.01. The maximum Gasteiger partial charge on any atom is 0.326 e. The van der Waals surface area contributed by atoms with Crippen LogP contribution in [0.1, 0.15) is 34.1 Å². The van der Waals surface area contributed by atoms with E-state index in [1.807, 2.05) is 0 Å². The Hall–Kier alpha value is -1.66. The summed E-state index contributed by atoms with van der Waals surface area (Å²) in [5.74, 6) is -2.88. The van der Waals surface area contributed by atoms with Crippen LogP contribution in [0.4, 0.5) is 0 Å². The van der Waals surface area contributed by atoms with Crippen molar-refractivity contribution in [2.75, 3.05) is 0 Å². The van der Waals surface area contributed by atoms with E-state index in [1.54, 1.807) is 0 Å². The van der Waals surface area contributed by atoms with E-state index in [-0.39, 0.29) is 6.42 Å². The van der Waals surface area contributed by atoms with Crippen LogP contribution in [0, 0.1) is 15.5 Å². The highest BCUT2D eigenvalue weighted by Crippen LogP contribution is 2.36. The minimum absolute atomic E-state index is 0.242. The van der Waals surface area contributed by atoms with E-state index in [4.69, 9.17) is 9.47 Å². The zero-order valence-corrected chi connectivity index (χ0v) is 10.2. The van der Waals surface area contributed by atoms with Crippen LogP contribution < -0.4 is 0 Å². The predicted octanol–water partition coefficient (Wildman–Crippen LogP) is 0.884. The fourth-order valence-corrected chi connectivity index (χ4v) is 1.61. The zero-order chi connectivity index (χ0) is 13.4. The summed E-state index contributed by atoms with van der Waals surface area (Å²) < 4.78 is 9.87. The van der Waals surface area contributed by atoms with E-state index >= 15 is 0 Å². The third-order valence-electron chi connectivity index (χ3n) is 2.64. The molecule has 0 amide bonds. The van der Waals surface area contributed by atoms with E-state index < -0.39 is 34.1 Å². The van der Waals surface area contributed by atoms with Gasteiger partial charge in [-0.2, -0.15) is 0 Å². The summed E-state index contributed by atoms with van der Waals surface area (Å²) in [4.78, 5) is 33.5. The summed E-state index contributed by atoms with van der Waals surface area (Å²) >= 11 is 0. The number of hydrogen-bond donors (Lipinski definition) is 0. The second kappa shape index (κ2) is 3.97. The molecule has 0 bridgehead atoms. The van der Waals surface area contributed by atoms with Gasteiger partial charge in [0.15, 0.2) is 5.41 Å². The highest BCUT2D eigenvalue weighted by atomic mass is 16.7. The molecule has 96 valence electrons. The molecule has 1 aliphatic heterocycles. The Morgan fingerprint density at radius 1 is 1.24 bits per heavy atom. The number of esters is 2. The van der Waals surface area contributed by atoms with E-state index in [9.17, 15) is 19.7 Å². The molecule has 7 nitrogen and oxygen atoms in total. The average Bonchev–Trinajstić information content (AvgIpc) is 2.13. The van der Waals surface area contributed by atoms with Gasteiger partial charge in [-0.15, -0.1) is 0 Å². The first kappa shape index (κ1) is 13.4. The van der Waals surface area contributed by atoms with Gasteiger partial charge < -0.3 is 9.47 Å². The number of cyclic esters (lactones) is 2. The topological polar surface area (TPSA) is 95.7 Å². The average molecular weight is 245 g/mol. The number of carbonyl (C=O) groups is 2. The Labute approximate surface area is 98.2 Å². The van der Waals surface area contributed by atoms with Gasteiger partial charge >= 0.3 is 11.9 Å². The third kappa shape index (κ3) is 2.54. The lowest BCUT2D eigenvalue weighted by molar-refractivity contribution is -0.521. The maximum atomic E-state index is 11.8. The maximum absolute atomic E-state index is 11.8. The molecule has 1 heterocycles. The summed E-state index contributed by atoms with van der Waals surface area (Å²) in [5.41, 5.74) is -1.61. The van der Waals surface area contributed by atoms with E-state index in [2.05, 4.69) is 0 Å². The van der Waals surface area contributed by atoms with Crippen molar-refractivity contribution >= 4 is 11.9 Å². The molecule has 0 aliphatic carbocycles. The van der Waals surface area contributed by atoms with Gasteiger partial charge in [0.25, 0.3) is 5.79 Å². The molecule has 0 spiro atoms. The molecule has 0 aromatic heterocycles. The standard InChI is InChI=1S/C10H15NO6/c1-6(11(14)15)5-10(4)7(12)16-9(2,3)17-8(10)13/h6H,5H2,1-4H3/t6-/m0/s1. The van der Waals surface area contributed by atoms with Gasteiger partial charge in [-0.05, 0) is 6.92 Å². The van der Waals surface area contributed by atoms with Crippen LogP contribution in [0.2, 0.25) is 0 Å². The van der Waals surface area contributed by atoms with Crippen LogP contribution >= 0.6 is 0 Å². The number of carbonyl (C=O) groups excluding carboxylic acids is 2. The quantitative estimate of drug-likeness (QED) is 0.317. The van der Waals surface area contributed by atoms with E-state index in [0.717, 1.165) is 0 Å². The number of ether oxygens (including phenoxy) is 2. The van der Waals surface area contributed by atoms with Crippen LogP contribution in [0.15, 0.2) is 0 Å². The Morgan fingerprint density at radius 2 is 1.65 bits per heavy atom. The second-order valence-electron chi connectivity index (χ2n) is 4.85. The first-order valence-electron chi connectivity index (χ1n) is 5.19. The van der Waals surface area contributed by atoms with Crippen molar-refractivity contribution in [1.82, 2.24) is 0 Å². The lowest BCUT2D eigenvalue weighted by atomic mass is 9.83. The Bertz CT molecular complexity index is 355. The monoisotopic (exact) mass is 245 g/mol. The molecule has 0 N–H and O–H groups in total. The molecule has 1 aliphatic rings. The van der Waals surface area contributed by atoms with Crippen LogP contribution in [0.5, 0.6) is 0 Å². The molecule has 1 fully saturated rings. The van der Waals surface area contributed by atoms with Gasteiger partial charge in [-0.3, -0.25) is 19.7 Å². The fraction of sp³-hybridized carbons (Fsp3) is 0.800. The molecular weight excluding hydrogens is 230 g/mol. The van der Waals surface area contributed by atoms with Gasteiger partial charge in [0.05, 0.1) is 0 Å². The van der Waals surface area contributed by atoms with Crippen molar-refractivity contribution in [3.63, 3.8) is 0 Å². The first-order chi connectivity index (χ1) is 7.58. The number of rotatable bonds is 3. The third-order valence-corrected chi connectivity index (χ3v) is 2.64. The summed E-state index contributed by atoms with van der Waals surface area (Å²) in [6.07, 6.45) is -0.242.